The van der Waals surface area contributed by atoms with Gasteiger partial charge in [0, 0.05) is 6.07 Å². The fourth-order valence-corrected chi connectivity index (χ4v) is 2.15. The van der Waals surface area contributed by atoms with E-state index in [-0.39, 0.29) is 12.2 Å². The van der Waals surface area contributed by atoms with E-state index in [1.165, 1.54) is 25.3 Å². The van der Waals surface area contributed by atoms with Crippen LogP contribution in [-0.2, 0) is 18.0 Å². The van der Waals surface area contributed by atoms with E-state index in [4.69, 9.17) is 9.84 Å². The number of aromatic nitrogens is 2. The Kier molecular flexibility index (Phi) is 4.28. The van der Waals surface area contributed by atoms with Crippen molar-refractivity contribution >= 4 is 0 Å². The predicted octanol–water partition coefficient (Wildman–Crippen LogP) is 1.11. The summed E-state index contributed by atoms with van der Waals surface area (Å²) in [6.45, 7) is 0.0914. The lowest BCUT2D eigenvalue weighted by molar-refractivity contribution is 0.0150. The van der Waals surface area contributed by atoms with Crippen molar-refractivity contribution in [1.29, 1.82) is 0 Å². The van der Waals surface area contributed by atoms with Crippen molar-refractivity contribution in [2.45, 2.75) is 51.4 Å². The minimum absolute atomic E-state index is 0.244. The Labute approximate surface area is 99.9 Å². The van der Waals surface area contributed by atoms with Crippen molar-refractivity contribution in [2.24, 2.45) is 0 Å². The van der Waals surface area contributed by atoms with Gasteiger partial charge in [0.15, 0.2) is 0 Å². The highest BCUT2D eigenvalue weighted by molar-refractivity contribution is 5.01. The number of ether oxygens (including phenoxy) is 1. The van der Waals surface area contributed by atoms with Crippen LogP contribution in [0.1, 0.15) is 43.6 Å². The molecular formula is C12H18N2O3. The average molecular weight is 238 g/mol. The molecule has 0 amide bonds. The number of hydrogen-bond donors (Lipinski definition) is 2. The number of aliphatic hydroxyl groups excluding tert-OH is 1. The monoisotopic (exact) mass is 238 g/mol. The lowest BCUT2D eigenvalue weighted by Crippen LogP contribution is -2.18. The summed E-state index contributed by atoms with van der Waals surface area (Å²) >= 11 is 0. The highest BCUT2D eigenvalue weighted by Crippen LogP contribution is 2.20. The van der Waals surface area contributed by atoms with Crippen LogP contribution in [-0.4, -0.2) is 21.2 Å². The molecule has 17 heavy (non-hydrogen) atoms. The molecular weight excluding hydrogens is 220 g/mol. The lowest BCUT2D eigenvalue weighted by Gasteiger charge is -2.21. The van der Waals surface area contributed by atoms with E-state index >= 15 is 0 Å². The van der Waals surface area contributed by atoms with Crippen LogP contribution in [0.15, 0.2) is 10.9 Å². The van der Waals surface area contributed by atoms with E-state index in [2.05, 4.69) is 9.97 Å². The molecule has 0 aromatic carbocycles. The summed E-state index contributed by atoms with van der Waals surface area (Å²) in [4.78, 5) is 17.8. The van der Waals surface area contributed by atoms with Gasteiger partial charge in [0.05, 0.1) is 18.4 Å². The van der Waals surface area contributed by atoms with E-state index in [1.54, 1.807) is 0 Å². The molecule has 0 saturated heterocycles. The van der Waals surface area contributed by atoms with Crippen LogP contribution in [0.5, 0.6) is 0 Å². The number of aliphatic hydroxyl groups is 1. The Balaban J connectivity index is 1.93. The summed E-state index contributed by atoms with van der Waals surface area (Å²) in [7, 11) is 0. The van der Waals surface area contributed by atoms with Crippen LogP contribution in [0.4, 0.5) is 0 Å². The molecule has 94 valence electrons. The molecule has 0 aliphatic heterocycles. The minimum Gasteiger partial charge on any atom is -0.388 e. The first kappa shape index (κ1) is 12.3. The first-order valence-corrected chi connectivity index (χ1v) is 6.09. The minimum atomic E-state index is -0.257. The lowest BCUT2D eigenvalue weighted by atomic mass is 9.98. The maximum absolute atomic E-state index is 11.3. The molecule has 0 unspecified atom stereocenters. The zero-order valence-electron chi connectivity index (χ0n) is 9.82. The Morgan fingerprint density at radius 1 is 1.41 bits per heavy atom. The molecule has 1 aliphatic carbocycles. The van der Waals surface area contributed by atoms with Gasteiger partial charge in [-0.15, -0.1) is 0 Å². The molecule has 1 aliphatic rings. The smallest absolute Gasteiger partial charge is 0.251 e. The van der Waals surface area contributed by atoms with Crippen molar-refractivity contribution < 1.29 is 9.84 Å². The quantitative estimate of drug-likeness (QED) is 0.824. The van der Waals surface area contributed by atoms with E-state index in [9.17, 15) is 4.79 Å². The summed E-state index contributed by atoms with van der Waals surface area (Å²) in [5.41, 5.74) is 0.342. The van der Waals surface area contributed by atoms with Gasteiger partial charge < -0.3 is 14.8 Å². The van der Waals surface area contributed by atoms with E-state index in [0.29, 0.717) is 24.2 Å². The number of nitrogens with zero attached hydrogens (tertiary/aromatic N) is 1. The topological polar surface area (TPSA) is 75.2 Å². The standard InChI is InChI=1S/C12H18N2O3/c15-7-11-13-9(6-12(16)14-11)8-17-10-4-2-1-3-5-10/h6,10,15H,1-5,7-8H2,(H,13,14,16). The summed E-state index contributed by atoms with van der Waals surface area (Å²) in [6.07, 6.45) is 6.21. The Bertz CT molecular complexity index is 410. The van der Waals surface area contributed by atoms with Crippen molar-refractivity contribution in [2.75, 3.05) is 0 Å². The number of hydrogen-bond acceptors (Lipinski definition) is 4. The Hall–Kier alpha value is -1.20. The van der Waals surface area contributed by atoms with Gasteiger partial charge in [0.25, 0.3) is 5.56 Å². The summed E-state index contributed by atoms with van der Waals surface area (Å²) in [5.74, 6) is 0.291. The van der Waals surface area contributed by atoms with Gasteiger partial charge in [-0.05, 0) is 12.8 Å². The normalized spacial score (nSPS) is 17.2. The molecule has 0 radical (unpaired) electrons. The molecule has 1 saturated carbocycles. The second-order valence-electron chi connectivity index (χ2n) is 4.41. The number of H-pyrrole nitrogens is 1. The fraction of sp³-hybridized carbons (Fsp3) is 0.667. The Morgan fingerprint density at radius 3 is 2.88 bits per heavy atom. The van der Waals surface area contributed by atoms with Crippen molar-refractivity contribution in [3.8, 4) is 0 Å². The molecule has 5 heteroatoms. The first-order valence-electron chi connectivity index (χ1n) is 6.09. The van der Waals surface area contributed by atoms with Gasteiger partial charge in [0.2, 0.25) is 0 Å². The fourth-order valence-electron chi connectivity index (χ4n) is 2.15. The van der Waals surface area contributed by atoms with E-state index < -0.39 is 0 Å². The Morgan fingerprint density at radius 2 is 2.18 bits per heavy atom. The second-order valence-corrected chi connectivity index (χ2v) is 4.41. The third-order valence-corrected chi connectivity index (χ3v) is 3.01. The highest BCUT2D eigenvalue weighted by Gasteiger charge is 2.14. The van der Waals surface area contributed by atoms with Crippen LogP contribution in [0.2, 0.25) is 0 Å². The molecule has 2 rings (SSSR count). The maximum Gasteiger partial charge on any atom is 0.251 e. The van der Waals surface area contributed by atoms with Gasteiger partial charge >= 0.3 is 0 Å². The third-order valence-electron chi connectivity index (χ3n) is 3.01. The van der Waals surface area contributed by atoms with Gasteiger partial charge in [-0.3, -0.25) is 4.79 Å². The van der Waals surface area contributed by atoms with Crippen molar-refractivity contribution in [1.82, 2.24) is 9.97 Å². The maximum atomic E-state index is 11.3. The molecule has 1 fully saturated rings. The van der Waals surface area contributed by atoms with Crippen LogP contribution in [0.3, 0.4) is 0 Å². The van der Waals surface area contributed by atoms with E-state index in [1.807, 2.05) is 0 Å². The largest absolute Gasteiger partial charge is 0.388 e. The molecule has 0 bridgehead atoms. The molecule has 0 atom stereocenters. The van der Waals surface area contributed by atoms with Crippen molar-refractivity contribution in [3.63, 3.8) is 0 Å². The van der Waals surface area contributed by atoms with Gasteiger partial charge in [-0.1, -0.05) is 19.3 Å². The zero-order valence-corrected chi connectivity index (χ0v) is 9.82. The third kappa shape index (κ3) is 3.64. The number of nitrogens with one attached hydrogen (secondary N) is 1. The SMILES string of the molecule is O=c1cc(COC2CCCCC2)nc(CO)[nH]1. The van der Waals surface area contributed by atoms with Gasteiger partial charge in [0.1, 0.15) is 12.4 Å². The van der Waals surface area contributed by atoms with Crippen LogP contribution in [0, 0.1) is 0 Å². The molecule has 2 N–H and O–H groups in total. The van der Waals surface area contributed by atoms with Gasteiger partial charge in [-0.25, -0.2) is 4.98 Å². The molecule has 5 nitrogen and oxygen atoms in total. The summed E-state index contributed by atoms with van der Waals surface area (Å²) < 4.78 is 5.73. The van der Waals surface area contributed by atoms with Gasteiger partial charge in [-0.2, -0.15) is 0 Å². The van der Waals surface area contributed by atoms with Crippen LogP contribution >= 0.6 is 0 Å². The molecule has 1 heterocycles. The molecule has 1 aromatic rings. The zero-order chi connectivity index (χ0) is 12.1. The molecule has 0 spiro atoms. The van der Waals surface area contributed by atoms with Crippen molar-refractivity contribution in [3.05, 3.63) is 27.9 Å². The summed E-state index contributed by atoms with van der Waals surface area (Å²) in [5, 5.41) is 8.93. The predicted molar refractivity (Wildman–Crippen MR) is 62.4 cm³/mol. The van der Waals surface area contributed by atoms with Crippen LogP contribution in [0.25, 0.3) is 0 Å². The highest BCUT2D eigenvalue weighted by atomic mass is 16.5. The summed E-state index contributed by atoms with van der Waals surface area (Å²) in [6, 6.07) is 1.42. The first-order chi connectivity index (χ1) is 8.28. The second kappa shape index (κ2) is 5.93. The average Bonchev–Trinajstić information content (AvgIpc) is 2.37. The van der Waals surface area contributed by atoms with E-state index in [0.717, 1.165) is 12.8 Å². The van der Waals surface area contributed by atoms with Crippen LogP contribution < -0.4 is 5.56 Å². The molecule has 1 aromatic heterocycles. The number of aromatic amines is 1. The number of rotatable bonds is 4.